The summed E-state index contributed by atoms with van der Waals surface area (Å²) in [6.45, 7) is 1.49. The molecule has 2 aromatic rings. The monoisotopic (exact) mass is 304 g/mol. The molecule has 0 amide bonds. The molecular weight excluding hydrogens is 288 g/mol. The number of carbonyl (C=O) groups is 2. The fourth-order valence-electron chi connectivity index (χ4n) is 2.69. The van der Waals surface area contributed by atoms with Crippen molar-refractivity contribution in [3.05, 3.63) is 83.4 Å². The molecule has 0 N–H and O–H groups in total. The minimum atomic E-state index is -0.576. The summed E-state index contributed by atoms with van der Waals surface area (Å²) in [5, 5.41) is 0. The highest BCUT2D eigenvalue weighted by molar-refractivity contribution is 6.04. The van der Waals surface area contributed by atoms with Gasteiger partial charge in [-0.1, -0.05) is 66.8 Å². The minimum Gasteiger partial charge on any atom is -0.423 e. The van der Waals surface area contributed by atoms with Gasteiger partial charge in [-0.25, -0.2) is 4.79 Å². The Morgan fingerprint density at radius 3 is 2.48 bits per heavy atom. The van der Waals surface area contributed by atoms with Crippen molar-refractivity contribution in [2.24, 2.45) is 0 Å². The van der Waals surface area contributed by atoms with Crippen LogP contribution < -0.4 is 4.74 Å². The number of ketones is 1. The van der Waals surface area contributed by atoms with Crippen molar-refractivity contribution >= 4 is 17.8 Å². The topological polar surface area (TPSA) is 43.4 Å². The molecule has 1 atom stereocenters. The number of fused-ring (bicyclic) bond motifs is 1. The van der Waals surface area contributed by atoms with E-state index in [1.165, 1.54) is 6.92 Å². The molecule has 0 radical (unpaired) electrons. The molecule has 23 heavy (non-hydrogen) atoms. The van der Waals surface area contributed by atoms with Crippen LogP contribution in [0.2, 0.25) is 0 Å². The number of allylic oxidation sites excluding steroid dienone is 2. The lowest BCUT2D eigenvalue weighted by Gasteiger charge is -2.24. The van der Waals surface area contributed by atoms with Crippen LogP contribution in [-0.2, 0) is 9.59 Å². The van der Waals surface area contributed by atoms with Crippen molar-refractivity contribution in [2.45, 2.75) is 12.8 Å². The van der Waals surface area contributed by atoms with E-state index in [0.717, 1.165) is 11.1 Å². The van der Waals surface area contributed by atoms with E-state index in [-0.39, 0.29) is 5.78 Å². The van der Waals surface area contributed by atoms with Gasteiger partial charge in [0, 0.05) is 5.56 Å². The van der Waals surface area contributed by atoms with Crippen molar-refractivity contribution in [1.29, 1.82) is 0 Å². The smallest absolute Gasteiger partial charge is 0.340 e. The van der Waals surface area contributed by atoms with Gasteiger partial charge in [-0.05, 0) is 18.6 Å². The Balaban J connectivity index is 1.97. The molecular formula is C20H16O3. The third kappa shape index (κ3) is 3.14. The lowest BCUT2D eigenvalue weighted by Crippen LogP contribution is -2.27. The molecule has 114 valence electrons. The first kappa shape index (κ1) is 15.0. The van der Waals surface area contributed by atoms with Crippen molar-refractivity contribution in [2.75, 3.05) is 0 Å². The first-order valence-corrected chi connectivity index (χ1v) is 7.41. The van der Waals surface area contributed by atoms with Crippen molar-refractivity contribution in [3.8, 4) is 5.75 Å². The van der Waals surface area contributed by atoms with E-state index in [1.54, 1.807) is 24.3 Å². The Morgan fingerprint density at radius 1 is 1.04 bits per heavy atom. The van der Waals surface area contributed by atoms with Crippen LogP contribution in [0.25, 0.3) is 6.08 Å². The minimum absolute atomic E-state index is 0.0755. The van der Waals surface area contributed by atoms with E-state index in [0.29, 0.717) is 11.3 Å². The molecule has 1 unspecified atom stereocenters. The molecule has 1 aliphatic heterocycles. The molecule has 0 saturated heterocycles. The number of rotatable bonds is 3. The first-order valence-electron chi connectivity index (χ1n) is 7.41. The number of esters is 1. The molecule has 2 aromatic carbocycles. The van der Waals surface area contributed by atoms with Gasteiger partial charge >= 0.3 is 5.97 Å². The van der Waals surface area contributed by atoms with Gasteiger partial charge in [-0.15, -0.1) is 0 Å². The van der Waals surface area contributed by atoms with E-state index in [2.05, 4.69) is 0 Å². The molecule has 0 aliphatic carbocycles. The fraction of sp³-hybridized carbons (Fsp3) is 0.100. The summed E-state index contributed by atoms with van der Waals surface area (Å²) in [6, 6.07) is 16.9. The zero-order chi connectivity index (χ0) is 16.2. The SMILES string of the molecule is CC(=O)C1C(=CC=Cc2ccccc2)C(=O)Oc2ccccc21. The van der Waals surface area contributed by atoms with Crippen molar-refractivity contribution in [3.63, 3.8) is 0 Å². The average Bonchev–Trinajstić information content (AvgIpc) is 2.55. The molecule has 0 saturated carbocycles. The molecule has 1 heterocycles. The van der Waals surface area contributed by atoms with Gasteiger partial charge in [-0.2, -0.15) is 0 Å². The number of ether oxygens (including phenoxy) is 1. The van der Waals surface area contributed by atoms with Crippen LogP contribution in [0.4, 0.5) is 0 Å². The second-order valence-electron chi connectivity index (χ2n) is 5.36. The highest BCUT2D eigenvalue weighted by atomic mass is 16.5. The third-order valence-corrected chi connectivity index (χ3v) is 3.75. The number of para-hydroxylation sites is 1. The number of Topliss-reactive ketones (excluding diaryl/α,β-unsaturated/α-hetero) is 1. The molecule has 0 bridgehead atoms. The Hall–Kier alpha value is -2.94. The van der Waals surface area contributed by atoms with Gasteiger partial charge in [0.05, 0.1) is 11.5 Å². The summed E-state index contributed by atoms with van der Waals surface area (Å²) in [5.41, 5.74) is 2.12. The van der Waals surface area contributed by atoms with E-state index >= 15 is 0 Å². The van der Waals surface area contributed by atoms with Crippen LogP contribution in [0.5, 0.6) is 5.75 Å². The number of hydrogen-bond acceptors (Lipinski definition) is 3. The highest BCUT2D eigenvalue weighted by Crippen LogP contribution is 2.37. The van der Waals surface area contributed by atoms with Gasteiger partial charge in [0.2, 0.25) is 0 Å². The molecule has 0 fully saturated rings. The van der Waals surface area contributed by atoms with Gasteiger partial charge < -0.3 is 4.74 Å². The van der Waals surface area contributed by atoms with Crippen molar-refractivity contribution in [1.82, 2.24) is 0 Å². The Labute approximate surface area is 134 Å². The second-order valence-corrected chi connectivity index (χ2v) is 5.36. The Kier molecular flexibility index (Phi) is 4.20. The largest absolute Gasteiger partial charge is 0.423 e. The predicted octanol–water partition coefficient (Wildman–Crippen LogP) is 3.92. The Bertz CT molecular complexity index is 801. The number of benzene rings is 2. The molecule has 0 spiro atoms. The van der Waals surface area contributed by atoms with E-state index in [1.807, 2.05) is 48.5 Å². The van der Waals surface area contributed by atoms with E-state index in [9.17, 15) is 9.59 Å². The maximum Gasteiger partial charge on any atom is 0.340 e. The molecule has 3 heteroatoms. The maximum atomic E-state index is 12.2. The van der Waals surface area contributed by atoms with Crippen LogP contribution >= 0.6 is 0 Å². The maximum absolute atomic E-state index is 12.2. The molecule has 0 aromatic heterocycles. The van der Waals surface area contributed by atoms with Crippen LogP contribution in [-0.4, -0.2) is 11.8 Å². The lowest BCUT2D eigenvalue weighted by molar-refractivity contribution is -0.133. The van der Waals surface area contributed by atoms with Crippen LogP contribution in [0, 0.1) is 0 Å². The first-order chi connectivity index (χ1) is 11.2. The second kappa shape index (κ2) is 6.44. The third-order valence-electron chi connectivity index (χ3n) is 3.75. The summed E-state index contributed by atoms with van der Waals surface area (Å²) in [7, 11) is 0. The summed E-state index contributed by atoms with van der Waals surface area (Å²) in [5.74, 6) is -0.662. The van der Waals surface area contributed by atoms with E-state index < -0.39 is 11.9 Å². The standard InChI is InChI=1S/C20H16O3/c1-14(21)19-16-11-5-6-13-18(16)23-20(22)17(19)12-7-10-15-8-3-2-4-9-15/h2-13,19H,1H3. The summed E-state index contributed by atoms with van der Waals surface area (Å²) >= 11 is 0. The van der Waals surface area contributed by atoms with Crippen LogP contribution in [0.3, 0.4) is 0 Å². The molecule has 3 rings (SSSR count). The quantitative estimate of drug-likeness (QED) is 0.490. The Morgan fingerprint density at radius 2 is 1.74 bits per heavy atom. The zero-order valence-electron chi connectivity index (χ0n) is 12.7. The number of hydrogen-bond donors (Lipinski definition) is 0. The van der Waals surface area contributed by atoms with Gasteiger partial charge in [-0.3, -0.25) is 4.79 Å². The van der Waals surface area contributed by atoms with Gasteiger partial charge in [0.25, 0.3) is 0 Å². The van der Waals surface area contributed by atoms with E-state index in [4.69, 9.17) is 4.74 Å². The normalized spacial score (nSPS) is 18.7. The predicted molar refractivity (Wildman–Crippen MR) is 89.1 cm³/mol. The fourth-order valence-corrected chi connectivity index (χ4v) is 2.69. The van der Waals surface area contributed by atoms with Crippen LogP contribution in [0.15, 0.2) is 72.3 Å². The summed E-state index contributed by atoms with van der Waals surface area (Å²) in [4.78, 5) is 24.3. The van der Waals surface area contributed by atoms with Crippen LogP contribution in [0.1, 0.15) is 24.0 Å². The molecule has 3 nitrogen and oxygen atoms in total. The summed E-state index contributed by atoms with van der Waals surface area (Å²) in [6.07, 6.45) is 5.32. The molecule has 1 aliphatic rings. The lowest BCUT2D eigenvalue weighted by atomic mass is 9.85. The van der Waals surface area contributed by atoms with Crippen molar-refractivity contribution < 1.29 is 14.3 Å². The highest BCUT2D eigenvalue weighted by Gasteiger charge is 2.34. The average molecular weight is 304 g/mol. The summed E-state index contributed by atoms with van der Waals surface area (Å²) < 4.78 is 5.33. The van der Waals surface area contributed by atoms with Gasteiger partial charge in [0.15, 0.2) is 0 Å². The number of carbonyl (C=O) groups excluding carboxylic acids is 2. The van der Waals surface area contributed by atoms with Gasteiger partial charge in [0.1, 0.15) is 11.5 Å². The zero-order valence-corrected chi connectivity index (χ0v) is 12.7.